The van der Waals surface area contributed by atoms with E-state index in [1.54, 1.807) is 35.4 Å². The van der Waals surface area contributed by atoms with Crippen LogP contribution in [0.15, 0.2) is 64.4 Å². The standard InChI is InChI=1S/C31H36N4O5S2/c36-24(22-14-8-7-9-15-22)21-32-28-23(29(39)34-18-13-11-16-26(34)33-28)20-25-30(40)35(31(41)42-25)19-12-6-4-2-1-3-5-10-17-27(37)38/h7-9,11,13-16,18,20,24,32,36H,1-6,10,12,17,19,21H2,(H,37,38)/b25-20-. The van der Waals surface area contributed by atoms with Gasteiger partial charge in [-0.25, -0.2) is 4.98 Å². The van der Waals surface area contributed by atoms with Crippen molar-refractivity contribution in [1.29, 1.82) is 0 Å². The third-order valence-electron chi connectivity index (χ3n) is 7.09. The molecule has 0 spiro atoms. The van der Waals surface area contributed by atoms with Crippen LogP contribution in [0.25, 0.3) is 11.7 Å². The van der Waals surface area contributed by atoms with Gasteiger partial charge in [0.1, 0.15) is 15.8 Å². The predicted molar refractivity (Wildman–Crippen MR) is 170 cm³/mol. The van der Waals surface area contributed by atoms with E-state index < -0.39 is 12.1 Å². The summed E-state index contributed by atoms with van der Waals surface area (Å²) in [5.41, 5.74) is 1.08. The van der Waals surface area contributed by atoms with E-state index in [1.807, 2.05) is 30.3 Å². The number of nitrogens with zero attached hydrogens (tertiary/aromatic N) is 3. The molecule has 4 rings (SSSR count). The molecular formula is C31H36N4O5S2. The lowest BCUT2D eigenvalue weighted by Gasteiger charge is -2.15. The highest BCUT2D eigenvalue weighted by atomic mass is 32.2. The largest absolute Gasteiger partial charge is 0.481 e. The molecule has 3 aromatic rings. The SMILES string of the molecule is O=C(O)CCCCCCCCCCN1C(=O)/C(=C/c2c(NCC(O)c3ccccc3)nc3ccccn3c2=O)SC1=S. The smallest absolute Gasteiger partial charge is 0.303 e. The Labute approximate surface area is 254 Å². The van der Waals surface area contributed by atoms with Gasteiger partial charge in [-0.3, -0.25) is 23.7 Å². The van der Waals surface area contributed by atoms with Crippen LogP contribution in [0.2, 0.25) is 0 Å². The van der Waals surface area contributed by atoms with Crippen molar-refractivity contribution >= 4 is 57.7 Å². The van der Waals surface area contributed by atoms with Crippen LogP contribution in [0.3, 0.4) is 0 Å². The summed E-state index contributed by atoms with van der Waals surface area (Å²) in [5, 5.41) is 22.5. The van der Waals surface area contributed by atoms with E-state index in [9.17, 15) is 19.5 Å². The molecule has 1 amide bonds. The van der Waals surface area contributed by atoms with E-state index in [4.69, 9.17) is 17.3 Å². The minimum absolute atomic E-state index is 0.129. The van der Waals surface area contributed by atoms with Crippen molar-refractivity contribution in [2.24, 2.45) is 0 Å². The minimum atomic E-state index is -0.815. The number of hydrogen-bond acceptors (Lipinski definition) is 8. The zero-order valence-corrected chi connectivity index (χ0v) is 25.0. The molecule has 9 nitrogen and oxygen atoms in total. The number of carboxylic acid groups (broad SMARTS) is 1. The Hall–Kier alpha value is -3.54. The van der Waals surface area contributed by atoms with Crippen LogP contribution in [0.5, 0.6) is 0 Å². The molecule has 1 fully saturated rings. The molecular weight excluding hydrogens is 572 g/mol. The Bertz CT molecular complexity index is 1490. The van der Waals surface area contributed by atoms with Gasteiger partial charge in [-0.1, -0.05) is 98.9 Å². The van der Waals surface area contributed by atoms with Crippen LogP contribution >= 0.6 is 24.0 Å². The number of aromatic nitrogens is 2. The van der Waals surface area contributed by atoms with Crippen LogP contribution in [0, 0.1) is 0 Å². The fourth-order valence-electron chi connectivity index (χ4n) is 4.78. The average Bonchev–Trinajstić information content (AvgIpc) is 3.26. The number of carboxylic acids is 1. The van der Waals surface area contributed by atoms with E-state index in [0.717, 1.165) is 56.9 Å². The molecule has 1 atom stereocenters. The van der Waals surface area contributed by atoms with Crippen molar-refractivity contribution < 1.29 is 19.8 Å². The summed E-state index contributed by atoms with van der Waals surface area (Å²) in [4.78, 5) is 43.9. The Morgan fingerprint density at radius 1 is 0.976 bits per heavy atom. The maximum absolute atomic E-state index is 13.5. The molecule has 0 aliphatic carbocycles. The summed E-state index contributed by atoms with van der Waals surface area (Å²) in [7, 11) is 0. The third kappa shape index (κ3) is 8.50. The van der Waals surface area contributed by atoms with Crippen molar-refractivity contribution in [2.45, 2.75) is 63.9 Å². The summed E-state index contributed by atoms with van der Waals surface area (Å²) in [5.74, 6) is -0.678. The molecule has 1 aliphatic rings. The van der Waals surface area contributed by atoms with E-state index in [2.05, 4.69) is 10.3 Å². The first kappa shape index (κ1) is 31.4. The normalized spacial score (nSPS) is 15.1. The molecule has 0 saturated carbocycles. The van der Waals surface area contributed by atoms with Gasteiger partial charge in [0.25, 0.3) is 11.5 Å². The van der Waals surface area contributed by atoms with E-state index in [1.165, 1.54) is 16.2 Å². The molecule has 3 heterocycles. The van der Waals surface area contributed by atoms with Crippen LogP contribution in [-0.4, -0.2) is 53.8 Å². The number of carbonyl (C=O) groups excluding carboxylic acids is 1. The number of benzene rings is 1. The summed E-state index contributed by atoms with van der Waals surface area (Å²) in [6.45, 7) is 0.646. The number of fused-ring (bicyclic) bond motifs is 1. The number of hydrogen-bond donors (Lipinski definition) is 3. The van der Waals surface area contributed by atoms with Gasteiger partial charge >= 0.3 is 5.97 Å². The second-order valence-electron chi connectivity index (χ2n) is 10.2. The van der Waals surface area contributed by atoms with Gasteiger partial charge in [-0.05, 0) is 36.6 Å². The number of thioether (sulfide) groups is 1. The number of pyridine rings is 1. The van der Waals surface area contributed by atoms with Gasteiger partial charge in [0, 0.05) is 25.7 Å². The molecule has 1 saturated heterocycles. The number of nitrogens with one attached hydrogen (secondary N) is 1. The average molecular weight is 609 g/mol. The third-order valence-corrected chi connectivity index (χ3v) is 8.47. The minimum Gasteiger partial charge on any atom is -0.481 e. The lowest BCUT2D eigenvalue weighted by Crippen LogP contribution is -2.29. The number of aliphatic hydroxyl groups excluding tert-OH is 1. The Balaban J connectivity index is 1.39. The van der Waals surface area contributed by atoms with Crippen LogP contribution in [0.4, 0.5) is 5.82 Å². The van der Waals surface area contributed by atoms with Crippen LogP contribution < -0.4 is 10.9 Å². The molecule has 2 aromatic heterocycles. The predicted octanol–water partition coefficient (Wildman–Crippen LogP) is 5.64. The first-order valence-corrected chi connectivity index (χ1v) is 15.5. The topological polar surface area (TPSA) is 124 Å². The molecule has 222 valence electrons. The second-order valence-corrected chi connectivity index (χ2v) is 11.9. The molecule has 1 aliphatic heterocycles. The number of carbonyl (C=O) groups is 2. The highest BCUT2D eigenvalue weighted by Crippen LogP contribution is 2.33. The number of rotatable bonds is 16. The van der Waals surface area contributed by atoms with E-state index >= 15 is 0 Å². The number of aliphatic hydroxyl groups is 1. The zero-order valence-electron chi connectivity index (χ0n) is 23.4. The molecule has 1 unspecified atom stereocenters. The van der Waals surface area contributed by atoms with Crippen molar-refractivity contribution in [3.8, 4) is 0 Å². The van der Waals surface area contributed by atoms with Crippen molar-refractivity contribution in [3.05, 3.63) is 81.1 Å². The van der Waals surface area contributed by atoms with Crippen molar-refractivity contribution in [2.75, 3.05) is 18.4 Å². The van der Waals surface area contributed by atoms with Crippen molar-refractivity contribution in [1.82, 2.24) is 14.3 Å². The second kappa shape index (κ2) is 15.6. The lowest BCUT2D eigenvalue weighted by molar-refractivity contribution is -0.137. The number of aliphatic carboxylic acids is 1. The van der Waals surface area contributed by atoms with Crippen LogP contribution in [0.1, 0.15) is 75.0 Å². The van der Waals surface area contributed by atoms with E-state index in [0.29, 0.717) is 21.4 Å². The molecule has 0 bridgehead atoms. The van der Waals surface area contributed by atoms with Gasteiger partial charge < -0.3 is 15.5 Å². The van der Waals surface area contributed by atoms with Gasteiger partial charge in [-0.2, -0.15) is 0 Å². The van der Waals surface area contributed by atoms with Crippen LogP contribution in [-0.2, 0) is 9.59 Å². The first-order valence-electron chi connectivity index (χ1n) is 14.3. The summed E-state index contributed by atoms with van der Waals surface area (Å²) < 4.78 is 1.89. The fourth-order valence-corrected chi connectivity index (χ4v) is 6.07. The quantitative estimate of drug-likeness (QED) is 0.108. The Kier molecular flexibility index (Phi) is 11.7. The number of unbranched alkanes of at least 4 members (excludes halogenated alkanes) is 7. The highest BCUT2D eigenvalue weighted by Gasteiger charge is 2.32. The molecule has 42 heavy (non-hydrogen) atoms. The van der Waals surface area contributed by atoms with Gasteiger partial charge in [-0.15, -0.1) is 0 Å². The maximum Gasteiger partial charge on any atom is 0.303 e. The highest BCUT2D eigenvalue weighted by molar-refractivity contribution is 8.26. The van der Waals surface area contributed by atoms with Gasteiger partial charge in [0.05, 0.1) is 16.6 Å². The van der Waals surface area contributed by atoms with Crippen molar-refractivity contribution in [3.63, 3.8) is 0 Å². The Morgan fingerprint density at radius 3 is 2.36 bits per heavy atom. The zero-order chi connectivity index (χ0) is 29.9. The lowest BCUT2D eigenvalue weighted by atomic mass is 10.1. The molecule has 0 radical (unpaired) electrons. The Morgan fingerprint density at radius 2 is 1.64 bits per heavy atom. The molecule has 3 N–H and O–H groups in total. The number of anilines is 1. The monoisotopic (exact) mass is 608 g/mol. The molecule has 1 aromatic carbocycles. The number of amides is 1. The summed E-state index contributed by atoms with van der Waals surface area (Å²) in [6, 6.07) is 14.5. The van der Waals surface area contributed by atoms with E-state index in [-0.39, 0.29) is 35.8 Å². The summed E-state index contributed by atoms with van der Waals surface area (Å²) in [6.07, 6.45) is 10.3. The summed E-state index contributed by atoms with van der Waals surface area (Å²) >= 11 is 6.69. The van der Waals surface area contributed by atoms with Gasteiger partial charge in [0.2, 0.25) is 0 Å². The van der Waals surface area contributed by atoms with Gasteiger partial charge in [0.15, 0.2) is 0 Å². The molecule has 11 heteroatoms. The maximum atomic E-state index is 13.5. The first-order chi connectivity index (χ1) is 20.3. The fraction of sp³-hybridized carbons (Fsp3) is 0.387. The number of thiocarbonyl (C=S) groups is 1.